The molecule has 0 heterocycles. The van der Waals surface area contributed by atoms with Crippen molar-refractivity contribution in [1.29, 1.82) is 5.41 Å². The van der Waals surface area contributed by atoms with E-state index >= 15 is 0 Å². The maximum Gasteiger partial charge on any atom is 0.270 e. The molecule has 0 aliphatic carbocycles. The van der Waals surface area contributed by atoms with Crippen LogP contribution in [0.4, 0.5) is 0 Å². The first-order valence-corrected chi connectivity index (χ1v) is 1.99. The molecule has 0 saturated carbocycles. The number of ether oxygens (including phenoxy) is 1. The molecule has 0 unspecified atom stereocenters. The first-order valence-electron chi connectivity index (χ1n) is 1.54. The summed E-state index contributed by atoms with van der Waals surface area (Å²) in [5.74, 6) is -0.427. The van der Waals surface area contributed by atoms with Crippen LogP contribution in [-0.2, 0) is 9.53 Å². The van der Waals surface area contributed by atoms with Crippen molar-refractivity contribution in [1.82, 2.24) is 0 Å². The van der Waals surface area contributed by atoms with Gasteiger partial charge in [-0.25, -0.2) is 0 Å². The van der Waals surface area contributed by atoms with Crippen LogP contribution in [0.3, 0.4) is 0 Å². The van der Waals surface area contributed by atoms with Crippen LogP contribution in [0.25, 0.3) is 0 Å². The number of carbonyl (C=O) groups excluding carboxylic acids is 1. The summed E-state index contributed by atoms with van der Waals surface area (Å²) >= 11 is 3.28. The van der Waals surface area contributed by atoms with Crippen molar-refractivity contribution in [3.63, 3.8) is 0 Å². The lowest BCUT2D eigenvalue weighted by Gasteiger charge is -1.90. The van der Waals surface area contributed by atoms with E-state index in [2.05, 4.69) is 17.4 Å². The Hall–Kier alpha value is -0.510. The SMILES string of the molecule is COC(=N)C(=O)S. The van der Waals surface area contributed by atoms with E-state index < -0.39 is 11.0 Å². The highest BCUT2D eigenvalue weighted by Gasteiger charge is 1.99. The maximum atomic E-state index is 9.89. The van der Waals surface area contributed by atoms with Gasteiger partial charge in [0.25, 0.3) is 11.0 Å². The van der Waals surface area contributed by atoms with Crippen molar-refractivity contribution in [2.45, 2.75) is 0 Å². The van der Waals surface area contributed by atoms with Gasteiger partial charge in [0, 0.05) is 0 Å². The van der Waals surface area contributed by atoms with Gasteiger partial charge in [0.05, 0.1) is 7.11 Å². The van der Waals surface area contributed by atoms with Gasteiger partial charge in [0.2, 0.25) is 0 Å². The highest BCUT2D eigenvalue weighted by Crippen LogP contribution is 1.80. The number of carbonyl (C=O) groups is 1. The van der Waals surface area contributed by atoms with E-state index in [1.807, 2.05) is 0 Å². The number of nitrogens with one attached hydrogen (secondary N) is 1. The molecular formula is C3H5NO2S. The van der Waals surface area contributed by atoms with Crippen LogP contribution in [0.2, 0.25) is 0 Å². The van der Waals surface area contributed by atoms with Crippen molar-refractivity contribution < 1.29 is 9.53 Å². The molecule has 0 rings (SSSR count). The van der Waals surface area contributed by atoms with Crippen LogP contribution in [0.5, 0.6) is 0 Å². The van der Waals surface area contributed by atoms with E-state index in [0.29, 0.717) is 0 Å². The number of hydrogen-bond acceptors (Lipinski definition) is 3. The second-order valence-electron chi connectivity index (χ2n) is 0.838. The monoisotopic (exact) mass is 119 g/mol. The quantitative estimate of drug-likeness (QED) is 0.291. The van der Waals surface area contributed by atoms with Crippen molar-refractivity contribution >= 4 is 23.6 Å². The molecule has 1 N–H and O–H groups in total. The average Bonchev–Trinajstić information content (AvgIpc) is 1.65. The first kappa shape index (κ1) is 6.49. The standard InChI is InChI=1S/C3H5NO2S/c1-6-2(4)3(5)7/h4H,1H3,(H,5,7). The first-order chi connectivity index (χ1) is 3.18. The normalized spacial score (nSPS) is 7.71. The van der Waals surface area contributed by atoms with Crippen LogP contribution in [0.15, 0.2) is 0 Å². The minimum Gasteiger partial charge on any atom is -0.478 e. The maximum absolute atomic E-state index is 9.89. The summed E-state index contributed by atoms with van der Waals surface area (Å²) in [6.45, 7) is 0. The number of thiol groups is 1. The van der Waals surface area contributed by atoms with Crippen molar-refractivity contribution in [3.8, 4) is 0 Å². The minimum atomic E-state index is -0.650. The average molecular weight is 119 g/mol. The molecule has 0 aromatic heterocycles. The van der Waals surface area contributed by atoms with Gasteiger partial charge >= 0.3 is 0 Å². The van der Waals surface area contributed by atoms with Crippen LogP contribution in [-0.4, -0.2) is 18.1 Å². The Morgan fingerprint density at radius 3 is 2.29 bits per heavy atom. The molecule has 0 aromatic rings. The molecule has 0 aliphatic heterocycles. The summed E-state index contributed by atoms with van der Waals surface area (Å²) < 4.78 is 4.17. The third-order valence-corrected chi connectivity index (χ3v) is 0.601. The number of rotatable bonds is 1. The van der Waals surface area contributed by atoms with Crippen molar-refractivity contribution in [3.05, 3.63) is 0 Å². The molecule has 0 saturated heterocycles. The van der Waals surface area contributed by atoms with Gasteiger partial charge < -0.3 is 4.74 Å². The molecule has 0 atom stereocenters. The fourth-order valence-corrected chi connectivity index (χ4v) is 0.179. The van der Waals surface area contributed by atoms with E-state index in [9.17, 15) is 4.79 Å². The highest BCUT2D eigenvalue weighted by atomic mass is 32.1. The topological polar surface area (TPSA) is 50.1 Å². The lowest BCUT2D eigenvalue weighted by atomic mass is 10.7. The predicted molar refractivity (Wildman–Crippen MR) is 28.7 cm³/mol. The number of hydrogen-bond donors (Lipinski definition) is 2. The third-order valence-electron chi connectivity index (χ3n) is 0.398. The lowest BCUT2D eigenvalue weighted by molar-refractivity contribution is -0.106. The van der Waals surface area contributed by atoms with Crippen LogP contribution in [0.1, 0.15) is 0 Å². The van der Waals surface area contributed by atoms with E-state index in [0.717, 1.165) is 0 Å². The molecule has 0 aliphatic rings. The second kappa shape index (κ2) is 2.63. The Balaban J connectivity index is 3.58. The Kier molecular flexibility index (Phi) is 2.44. The minimum absolute atomic E-state index is 0.427. The molecule has 4 heteroatoms. The van der Waals surface area contributed by atoms with Crippen molar-refractivity contribution in [2.75, 3.05) is 7.11 Å². The van der Waals surface area contributed by atoms with Crippen LogP contribution < -0.4 is 0 Å². The van der Waals surface area contributed by atoms with Gasteiger partial charge in [-0.1, -0.05) is 12.6 Å². The summed E-state index contributed by atoms with van der Waals surface area (Å²) in [5, 5.41) is 5.89. The smallest absolute Gasteiger partial charge is 0.270 e. The zero-order valence-electron chi connectivity index (χ0n) is 3.76. The Bertz CT molecular complexity index is 101. The van der Waals surface area contributed by atoms with Crippen molar-refractivity contribution in [2.24, 2.45) is 0 Å². The molecule has 40 valence electrons. The summed E-state index contributed by atoms with van der Waals surface area (Å²) in [6, 6.07) is 0. The molecule has 3 nitrogen and oxygen atoms in total. The number of methoxy groups -OCH3 is 1. The zero-order chi connectivity index (χ0) is 5.86. The molecule has 0 radical (unpaired) electrons. The Morgan fingerprint density at radius 1 is 1.86 bits per heavy atom. The Labute approximate surface area is 46.6 Å². The van der Waals surface area contributed by atoms with Gasteiger partial charge in [-0.3, -0.25) is 10.2 Å². The van der Waals surface area contributed by atoms with Gasteiger partial charge in [-0.15, -0.1) is 0 Å². The Morgan fingerprint density at radius 2 is 2.29 bits per heavy atom. The molecule has 0 fully saturated rings. The summed E-state index contributed by atoms with van der Waals surface area (Å²) in [6.07, 6.45) is 0. The van der Waals surface area contributed by atoms with Gasteiger partial charge in [-0.05, 0) is 0 Å². The lowest BCUT2D eigenvalue weighted by Crippen LogP contribution is -2.06. The van der Waals surface area contributed by atoms with Gasteiger partial charge in [0.15, 0.2) is 0 Å². The summed E-state index contributed by atoms with van der Waals surface area (Å²) in [7, 11) is 1.25. The highest BCUT2D eigenvalue weighted by molar-refractivity contribution is 7.98. The largest absolute Gasteiger partial charge is 0.478 e. The van der Waals surface area contributed by atoms with E-state index in [1.165, 1.54) is 7.11 Å². The molecule has 0 bridgehead atoms. The molecular weight excluding hydrogens is 114 g/mol. The van der Waals surface area contributed by atoms with Gasteiger partial charge in [0.1, 0.15) is 0 Å². The predicted octanol–water partition coefficient (Wildman–Crippen LogP) is 0.0665. The fraction of sp³-hybridized carbons (Fsp3) is 0.333. The third kappa shape index (κ3) is 2.22. The van der Waals surface area contributed by atoms with E-state index in [-0.39, 0.29) is 0 Å². The molecule has 7 heavy (non-hydrogen) atoms. The molecule has 0 spiro atoms. The summed E-state index contributed by atoms with van der Waals surface area (Å²) in [5.41, 5.74) is 0. The molecule has 0 amide bonds. The van der Waals surface area contributed by atoms with Crippen LogP contribution in [0, 0.1) is 5.41 Å². The van der Waals surface area contributed by atoms with E-state index in [1.54, 1.807) is 0 Å². The fourth-order valence-electron chi connectivity index (χ4n) is 0.0873. The van der Waals surface area contributed by atoms with Crippen LogP contribution >= 0.6 is 12.6 Å². The zero-order valence-corrected chi connectivity index (χ0v) is 4.66. The second-order valence-corrected chi connectivity index (χ2v) is 1.24. The van der Waals surface area contributed by atoms with E-state index in [4.69, 9.17) is 5.41 Å². The molecule has 0 aromatic carbocycles. The summed E-state index contributed by atoms with van der Waals surface area (Å²) in [4.78, 5) is 9.89. The van der Waals surface area contributed by atoms with Gasteiger partial charge in [-0.2, -0.15) is 0 Å².